The van der Waals surface area contributed by atoms with Crippen LogP contribution in [0.3, 0.4) is 0 Å². The first-order valence-electron chi connectivity index (χ1n) is 8.09. The van der Waals surface area contributed by atoms with Crippen molar-refractivity contribution >= 4 is 5.97 Å². The number of carbonyl (C=O) groups is 1. The van der Waals surface area contributed by atoms with Crippen LogP contribution >= 0.6 is 0 Å². The third-order valence-electron chi connectivity index (χ3n) is 5.25. The summed E-state index contributed by atoms with van der Waals surface area (Å²) < 4.78 is 40.0. The minimum absolute atomic E-state index is 0.104. The summed E-state index contributed by atoms with van der Waals surface area (Å²) >= 11 is 0. The van der Waals surface area contributed by atoms with E-state index in [1.807, 2.05) is 48.5 Å². The van der Waals surface area contributed by atoms with Gasteiger partial charge in [0.2, 0.25) is 0 Å². The number of hydrogen-bond acceptors (Lipinski definition) is 2. The van der Waals surface area contributed by atoms with Crippen LogP contribution in [0.2, 0.25) is 0 Å². The van der Waals surface area contributed by atoms with E-state index in [-0.39, 0.29) is 19.1 Å². The lowest BCUT2D eigenvalue weighted by atomic mass is 9.96. The van der Waals surface area contributed by atoms with Crippen LogP contribution in [0.25, 0.3) is 11.1 Å². The highest BCUT2D eigenvalue weighted by molar-refractivity contribution is 5.78. The van der Waals surface area contributed by atoms with Crippen molar-refractivity contribution in [2.24, 2.45) is 11.8 Å². The molecule has 1 fully saturated rings. The van der Waals surface area contributed by atoms with E-state index in [2.05, 4.69) is 0 Å². The van der Waals surface area contributed by atoms with E-state index in [0.717, 1.165) is 22.3 Å². The largest absolute Gasteiger partial charge is 0.481 e. The van der Waals surface area contributed by atoms with E-state index in [1.165, 1.54) is 0 Å². The van der Waals surface area contributed by atoms with Crippen LogP contribution in [-0.2, 0) is 4.79 Å². The van der Waals surface area contributed by atoms with Gasteiger partial charge in [0.25, 0.3) is 0 Å². The molecular formula is C19H16F3NO2. The zero-order valence-corrected chi connectivity index (χ0v) is 13.2. The van der Waals surface area contributed by atoms with E-state index in [0.29, 0.717) is 0 Å². The van der Waals surface area contributed by atoms with Crippen molar-refractivity contribution < 1.29 is 23.1 Å². The van der Waals surface area contributed by atoms with Gasteiger partial charge in [0, 0.05) is 13.1 Å². The van der Waals surface area contributed by atoms with E-state index in [1.54, 1.807) is 4.90 Å². The lowest BCUT2D eigenvalue weighted by Crippen LogP contribution is -2.33. The lowest BCUT2D eigenvalue weighted by molar-refractivity contribution is -0.188. The first-order valence-corrected chi connectivity index (χ1v) is 8.09. The molecule has 6 heteroatoms. The molecule has 130 valence electrons. The van der Waals surface area contributed by atoms with Crippen LogP contribution in [0.5, 0.6) is 0 Å². The molecule has 0 aromatic heterocycles. The smallest absolute Gasteiger partial charge is 0.393 e. The van der Waals surface area contributed by atoms with E-state index in [9.17, 15) is 23.1 Å². The molecule has 0 bridgehead atoms. The van der Waals surface area contributed by atoms with Crippen molar-refractivity contribution in [1.29, 1.82) is 0 Å². The fourth-order valence-corrected chi connectivity index (χ4v) is 4.15. The highest BCUT2D eigenvalue weighted by atomic mass is 19.4. The van der Waals surface area contributed by atoms with Crippen LogP contribution in [0, 0.1) is 11.8 Å². The average Bonchev–Trinajstić information content (AvgIpc) is 3.14. The van der Waals surface area contributed by atoms with Crippen LogP contribution in [0.15, 0.2) is 48.5 Å². The second-order valence-electron chi connectivity index (χ2n) is 6.62. The molecule has 0 radical (unpaired) electrons. The molecule has 1 aliphatic carbocycles. The van der Waals surface area contributed by atoms with Crippen LogP contribution in [-0.4, -0.2) is 35.2 Å². The molecule has 2 atom stereocenters. The SMILES string of the molecule is O=C(O)[C@@H]1CN(C2c3ccccc3-c3ccccc32)C[C@H]1C(F)(F)F. The van der Waals surface area contributed by atoms with Gasteiger partial charge in [-0.1, -0.05) is 48.5 Å². The monoisotopic (exact) mass is 347 g/mol. The number of nitrogens with zero attached hydrogens (tertiary/aromatic N) is 1. The van der Waals surface area contributed by atoms with Gasteiger partial charge in [0.15, 0.2) is 0 Å². The standard InChI is InChI=1S/C19H16F3NO2/c20-19(21,22)16-10-23(9-15(16)18(24)25)17-13-7-3-1-5-11(13)12-6-2-4-8-14(12)17/h1-8,15-17H,9-10H2,(H,24,25)/t15-,16-/m1/s1. The summed E-state index contributed by atoms with van der Waals surface area (Å²) in [5.74, 6) is -4.66. The molecule has 1 heterocycles. The molecule has 2 aromatic carbocycles. The first kappa shape index (κ1) is 16.1. The molecule has 1 N–H and O–H groups in total. The Kier molecular flexibility index (Phi) is 3.61. The van der Waals surface area contributed by atoms with Crippen molar-refractivity contribution in [3.05, 3.63) is 59.7 Å². The number of carboxylic acids is 1. The van der Waals surface area contributed by atoms with Crippen molar-refractivity contribution in [2.75, 3.05) is 13.1 Å². The lowest BCUT2D eigenvalue weighted by Gasteiger charge is -2.26. The molecule has 0 amide bonds. The van der Waals surface area contributed by atoms with Gasteiger partial charge in [-0.2, -0.15) is 13.2 Å². The molecule has 0 spiro atoms. The second-order valence-corrected chi connectivity index (χ2v) is 6.62. The molecular weight excluding hydrogens is 331 g/mol. The minimum Gasteiger partial charge on any atom is -0.481 e. The van der Waals surface area contributed by atoms with Crippen molar-refractivity contribution in [1.82, 2.24) is 4.90 Å². The third kappa shape index (κ3) is 2.52. The van der Waals surface area contributed by atoms with Gasteiger partial charge in [-0.3, -0.25) is 9.69 Å². The summed E-state index contributed by atoms with van der Waals surface area (Å²) in [5, 5.41) is 9.27. The summed E-state index contributed by atoms with van der Waals surface area (Å²) in [6.07, 6.45) is -4.52. The maximum absolute atomic E-state index is 13.3. The fraction of sp³-hybridized carbons (Fsp3) is 0.316. The summed E-state index contributed by atoms with van der Waals surface area (Å²) in [4.78, 5) is 13.1. The number of alkyl halides is 3. The van der Waals surface area contributed by atoms with Crippen LogP contribution < -0.4 is 0 Å². The highest BCUT2D eigenvalue weighted by Crippen LogP contribution is 2.49. The molecule has 0 unspecified atom stereocenters. The number of halogens is 3. The van der Waals surface area contributed by atoms with Gasteiger partial charge in [-0.05, 0) is 22.3 Å². The molecule has 1 saturated heterocycles. The Morgan fingerprint density at radius 1 is 0.960 bits per heavy atom. The Hall–Kier alpha value is -2.34. The highest BCUT2D eigenvalue weighted by Gasteiger charge is 2.54. The quantitative estimate of drug-likeness (QED) is 0.894. The zero-order valence-electron chi connectivity index (χ0n) is 13.2. The number of carboxylic acid groups (broad SMARTS) is 1. The van der Waals surface area contributed by atoms with Gasteiger partial charge in [-0.25, -0.2) is 0 Å². The van der Waals surface area contributed by atoms with Gasteiger partial charge in [0.1, 0.15) is 0 Å². The number of hydrogen-bond donors (Lipinski definition) is 1. The summed E-state index contributed by atoms with van der Waals surface area (Å²) in [6, 6.07) is 14.9. The van der Waals surface area contributed by atoms with E-state index in [4.69, 9.17) is 0 Å². The normalized spacial score (nSPS) is 23.5. The second kappa shape index (κ2) is 5.59. The summed E-state index contributed by atoms with van der Waals surface area (Å²) in [6.45, 7) is -0.402. The zero-order chi connectivity index (χ0) is 17.8. The topological polar surface area (TPSA) is 40.5 Å². The van der Waals surface area contributed by atoms with Gasteiger partial charge < -0.3 is 5.11 Å². The van der Waals surface area contributed by atoms with Crippen molar-refractivity contribution in [2.45, 2.75) is 12.2 Å². The van der Waals surface area contributed by atoms with Gasteiger partial charge >= 0.3 is 12.1 Å². The number of aliphatic carboxylic acids is 1. The Balaban J connectivity index is 1.77. The first-order chi connectivity index (χ1) is 11.9. The Bertz CT molecular complexity index is 788. The average molecular weight is 347 g/mol. The summed E-state index contributed by atoms with van der Waals surface area (Å²) in [5.41, 5.74) is 3.89. The Morgan fingerprint density at radius 3 is 1.92 bits per heavy atom. The number of benzene rings is 2. The maximum atomic E-state index is 13.3. The predicted octanol–water partition coefficient (Wildman–Crippen LogP) is 3.95. The minimum atomic E-state index is -4.52. The molecule has 2 aromatic rings. The Morgan fingerprint density at radius 2 is 1.48 bits per heavy atom. The maximum Gasteiger partial charge on any atom is 0.393 e. The molecule has 1 aliphatic heterocycles. The number of fused-ring (bicyclic) bond motifs is 3. The van der Waals surface area contributed by atoms with Crippen LogP contribution in [0.1, 0.15) is 17.2 Å². The van der Waals surface area contributed by atoms with Crippen molar-refractivity contribution in [3.63, 3.8) is 0 Å². The van der Waals surface area contributed by atoms with Crippen LogP contribution in [0.4, 0.5) is 13.2 Å². The molecule has 4 rings (SSSR count). The molecule has 3 nitrogen and oxygen atoms in total. The third-order valence-corrected chi connectivity index (χ3v) is 5.25. The number of rotatable bonds is 2. The van der Waals surface area contributed by atoms with Gasteiger partial charge in [-0.15, -0.1) is 0 Å². The predicted molar refractivity (Wildman–Crippen MR) is 86.0 cm³/mol. The Labute approximate surface area is 142 Å². The molecule has 25 heavy (non-hydrogen) atoms. The van der Waals surface area contributed by atoms with Gasteiger partial charge in [0.05, 0.1) is 17.9 Å². The van der Waals surface area contributed by atoms with E-state index >= 15 is 0 Å². The molecule has 0 saturated carbocycles. The van der Waals surface area contributed by atoms with E-state index < -0.39 is 24.0 Å². The fourth-order valence-electron chi connectivity index (χ4n) is 4.15. The molecule has 2 aliphatic rings. The summed E-state index contributed by atoms with van der Waals surface area (Å²) in [7, 11) is 0. The van der Waals surface area contributed by atoms with Crippen molar-refractivity contribution in [3.8, 4) is 11.1 Å². The number of likely N-dealkylation sites (tertiary alicyclic amines) is 1.